The molecule has 0 aromatic heterocycles. The summed E-state index contributed by atoms with van der Waals surface area (Å²) < 4.78 is 11.5. The van der Waals surface area contributed by atoms with E-state index in [9.17, 15) is 0 Å². The maximum Gasteiger partial charge on any atom is 0.176 e. The third-order valence-corrected chi connectivity index (χ3v) is 3.48. The Bertz CT molecular complexity index is 128. The summed E-state index contributed by atoms with van der Waals surface area (Å²) in [5.74, 6) is 0. The molecular formula is C10H23O2P. The Morgan fingerprint density at radius 1 is 0.846 bits per heavy atom. The van der Waals surface area contributed by atoms with Gasteiger partial charge in [-0.15, -0.1) is 0 Å². The van der Waals surface area contributed by atoms with Crippen molar-refractivity contribution in [1.82, 2.24) is 0 Å². The van der Waals surface area contributed by atoms with Crippen LogP contribution in [-0.2, 0) is 9.05 Å². The molecule has 2 nitrogen and oxygen atoms in total. The van der Waals surface area contributed by atoms with E-state index in [4.69, 9.17) is 9.05 Å². The maximum absolute atomic E-state index is 5.77. The van der Waals surface area contributed by atoms with Crippen molar-refractivity contribution in [3.63, 3.8) is 0 Å². The number of rotatable bonds is 4. The third-order valence-electron chi connectivity index (χ3n) is 1.16. The van der Waals surface area contributed by atoms with Crippen LogP contribution in [0.3, 0.4) is 0 Å². The van der Waals surface area contributed by atoms with Gasteiger partial charge in [0.25, 0.3) is 0 Å². The van der Waals surface area contributed by atoms with Crippen LogP contribution in [0, 0.1) is 0 Å². The molecular weight excluding hydrogens is 183 g/mol. The molecule has 0 aliphatic carbocycles. The summed E-state index contributed by atoms with van der Waals surface area (Å²) >= 11 is 0. The van der Waals surface area contributed by atoms with Crippen LogP contribution >= 0.6 is 8.38 Å². The molecule has 0 aromatic rings. The van der Waals surface area contributed by atoms with Crippen LogP contribution < -0.4 is 0 Å². The molecule has 0 aliphatic rings. The first-order chi connectivity index (χ1) is 5.73. The van der Waals surface area contributed by atoms with Gasteiger partial charge in [-0.05, 0) is 27.7 Å². The maximum atomic E-state index is 5.77. The van der Waals surface area contributed by atoms with Gasteiger partial charge in [0.15, 0.2) is 8.38 Å². The Morgan fingerprint density at radius 2 is 1.15 bits per heavy atom. The first-order valence-electron chi connectivity index (χ1n) is 4.87. The van der Waals surface area contributed by atoms with Crippen molar-refractivity contribution in [1.29, 1.82) is 0 Å². The average molecular weight is 206 g/mol. The lowest BCUT2D eigenvalue weighted by molar-refractivity contribution is 0.167. The summed E-state index contributed by atoms with van der Waals surface area (Å²) in [7, 11) is -0.781. The molecule has 0 unspecified atom stereocenters. The minimum Gasteiger partial charge on any atom is -0.331 e. The molecule has 0 spiro atoms. The highest BCUT2D eigenvalue weighted by molar-refractivity contribution is 7.49. The van der Waals surface area contributed by atoms with E-state index in [-0.39, 0.29) is 17.4 Å². The molecule has 0 atom stereocenters. The molecule has 3 heteroatoms. The Balaban J connectivity index is 4.20. The van der Waals surface area contributed by atoms with E-state index in [1.54, 1.807) is 0 Å². The molecule has 0 radical (unpaired) electrons. The normalized spacial score (nSPS) is 13.4. The summed E-state index contributed by atoms with van der Waals surface area (Å²) in [6.45, 7) is 14.7. The molecule has 0 aliphatic heterocycles. The second-order valence-electron chi connectivity index (χ2n) is 4.74. The highest BCUT2D eigenvalue weighted by atomic mass is 31.2. The van der Waals surface area contributed by atoms with Crippen molar-refractivity contribution < 1.29 is 9.05 Å². The fraction of sp³-hybridized carbons (Fsp3) is 1.00. The second kappa shape index (κ2) is 5.29. The molecule has 0 aromatic carbocycles. The Hall–Kier alpha value is 0.350. The fourth-order valence-corrected chi connectivity index (χ4v) is 2.17. The van der Waals surface area contributed by atoms with Gasteiger partial charge in [0.2, 0.25) is 0 Å². The zero-order chi connectivity index (χ0) is 10.6. The van der Waals surface area contributed by atoms with E-state index >= 15 is 0 Å². The second-order valence-corrected chi connectivity index (χ2v) is 7.01. The van der Waals surface area contributed by atoms with Crippen LogP contribution in [0.15, 0.2) is 0 Å². The minimum atomic E-state index is -0.781. The quantitative estimate of drug-likeness (QED) is 0.648. The van der Waals surface area contributed by atoms with Gasteiger partial charge in [-0.3, -0.25) is 0 Å². The van der Waals surface area contributed by atoms with Crippen molar-refractivity contribution in [3.8, 4) is 0 Å². The highest BCUT2D eigenvalue weighted by Crippen LogP contribution is 2.52. The van der Waals surface area contributed by atoms with Gasteiger partial charge < -0.3 is 9.05 Å². The molecule has 0 saturated carbocycles. The van der Waals surface area contributed by atoms with Gasteiger partial charge in [-0.1, -0.05) is 20.8 Å². The molecule has 0 heterocycles. The smallest absolute Gasteiger partial charge is 0.176 e. The van der Waals surface area contributed by atoms with Crippen LogP contribution in [0.4, 0.5) is 0 Å². The predicted octanol–water partition coefficient (Wildman–Crippen LogP) is 3.95. The summed E-state index contributed by atoms with van der Waals surface area (Å²) in [4.78, 5) is 0. The summed E-state index contributed by atoms with van der Waals surface area (Å²) in [6, 6.07) is 0. The largest absolute Gasteiger partial charge is 0.331 e. The molecule has 0 N–H and O–H groups in total. The van der Waals surface area contributed by atoms with E-state index in [1.807, 2.05) is 27.7 Å². The Labute approximate surface area is 83.9 Å². The minimum absolute atomic E-state index is 0.101. The van der Waals surface area contributed by atoms with Crippen molar-refractivity contribution in [2.24, 2.45) is 0 Å². The predicted molar refractivity (Wildman–Crippen MR) is 59.1 cm³/mol. The SMILES string of the molecule is CC(C)OP(OC(C)C)C(C)(C)C. The molecule has 0 saturated heterocycles. The van der Waals surface area contributed by atoms with Crippen molar-refractivity contribution in [2.45, 2.75) is 65.8 Å². The van der Waals surface area contributed by atoms with E-state index in [0.717, 1.165) is 0 Å². The van der Waals surface area contributed by atoms with Crippen molar-refractivity contribution >= 4 is 8.38 Å². The fourth-order valence-electron chi connectivity index (χ4n) is 0.724. The standard InChI is InChI=1S/C10H23O2P/c1-8(2)11-13(10(5,6)7)12-9(3)4/h8-9H,1-7H3. The van der Waals surface area contributed by atoms with E-state index in [2.05, 4.69) is 20.8 Å². The molecule has 0 fully saturated rings. The lowest BCUT2D eigenvalue weighted by Gasteiger charge is -2.32. The number of hydrogen-bond acceptors (Lipinski definition) is 2. The Morgan fingerprint density at radius 3 is 1.31 bits per heavy atom. The van der Waals surface area contributed by atoms with Crippen molar-refractivity contribution in [2.75, 3.05) is 0 Å². The lowest BCUT2D eigenvalue weighted by Crippen LogP contribution is -2.19. The van der Waals surface area contributed by atoms with E-state index in [1.165, 1.54) is 0 Å². The Kier molecular flexibility index (Phi) is 5.43. The van der Waals surface area contributed by atoms with Crippen LogP contribution in [0.25, 0.3) is 0 Å². The number of hydrogen-bond donors (Lipinski definition) is 0. The van der Waals surface area contributed by atoms with E-state index < -0.39 is 8.38 Å². The summed E-state index contributed by atoms with van der Waals surface area (Å²) in [5.41, 5.74) is 0. The van der Waals surface area contributed by atoms with Gasteiger partial charge in [-0.25, -0.2) is 0 Å². The highest BCUT2D eigenvalue weighted by Gasteiger charge is 2.29. The zero-order valence-corrected chi connectivity index (χ0v) is 10.8. The lowest BCUT2D eigenvalue weighted by atomic mass is 10.3. The first kappa shape index (κ1) is 13.4. The van der Waals surface area contributed by atoms with Gasteiger partial charge in [-0.2, -0.15) is 0 Å². The van der Waals surface area contributed by atoms with Crippen LogP contribution in [0.1, 0.15) is 48.5 Å². The van der Waals surface area contributed by atoms with E-state index in [0.29, 0.717) is 0 Å². The molecule has 80 valence electrons. The third kappa shape index (κ3) is 6.42. The molecule has 0 bridgehead atoms. The summed E-state index contributed by atoms with van der Waals surface area (Å²) in [5, 5.41) is 0.101. The van der Waals surface area contributed by atoms with Gasteiger partial charge in [0.05, 0.1) is 12.2 Å². The van der Waals surface area contributed by atoms with Crippen LogP contribution in [-0.4, -0.2) is 17.4 Å². The molecule has 0 amide bonds. The van der Waals surface area contributed by atoms with Crippen molar-refractivity contribution in [3.05, 3.63) is 0 Å². The molecule has 13 heavy (non-hydrogen) atoms. The van der Waals surface area contributed by atoms with Gasteiger partial charge in [0.1, 0.15) is 0 Å². The monoisotopic (exact) mass is 206 g/mol. The first-order valence-corrected chi connectivity index (χ1v) is 6.05. The summed E-state index contributed by atoms with van der Waals surface area (Å²) in [6.07, 6.45) is 0.480. The molecule has 0 rings (SSSR count). The van der Waals surface area contributed by atoms with Crippen LogP contribution in [0.5, 0.6) is 0 Å². The van der Waals surface area contributed by atoms with Crippen LogP contribution in [0.2, 0.25) is 0 Å². The topological polar surface area (TPSA) is 18.5 Å². The van der Waals surface area contributed by atoms with Gasteiger partial charge >= 0.3 is 0 Å². The zero-order valence-electron chi connectivity index (χ0n) is 9.92. The van der Waals surface area contributed by atoms with Gasteiger partial charge in [0, 0.05) is 5.16 Å². The average Bonchev–Trinajstić information content (AvgIpc) is 1.81.